The molecule has 1 saturated carbocycles. The van der Waals surface area contributed by atoms with E-state index in [0.717, 1.165) is 46.5 Å². The molecule has 1 unspecified atom stereocenters. The summed E-state index contributed by atoms with van der Waals surface area (Å²) in [5, 5.41) is 5.82. The van der Waals surface area contributed by atoms with Crippen LogP contribution in [0.5, 0.6) is 0 Å². The number of rotatable bonds is 7. The lowest BCUT2D eigenvalue weighted by Gasteiger charge is -2.12. The van der Waals surface area contributed by atoms with Crippen LogP contribution in [-0.2, 0) is 4.84 Å². The molecule has 26 heavy (non-hydrogen) atoms. The zero-order valence-corrected chi connectivity index (χ0v) is 17.4. The molecule has 2 aliphatic rings. The van der Waals surface area contributed by atoms with E-state index in [1.807, 2.05) is 30.4 Å². The average Bonchev–Trinajstić information content (AvgIpc) is 3.31. The highest BCUT2D eigenvalue weighted by Crippen LogP contribution is 2.33. The molecule has 6 heteroatoms. The molecule has 0 radical (unpaired) electrons. The number of thioether (sulfide) groups is 1. The number of aliphatic imine (C=N–C) groups is 1. The van der Waals surface area contributed by atoms with Gasteiger partial charge in [0.15, 0.2) is 0 Å². The minimum atomic E-state index is 0.185. The molecule has 0 aromatic heterocycles. The second-order valence-electron chi connectivity index (χ2n) is 7.15. The first-order chi connectivity index (χ1) is 12.6. The summed E-state index contributed by atoms with van der Waals surface area (Å²) in [5.41, 5.74) is 4.00. The number of aryl methyl sites for hydroxylation is 1. The summed E-state index contributed by atoms with van der Waals surface area (Å²) in [6.45, 7) is 5.07. The minimum absolute atomic E-state index is 0.185. The SMILES string of the molecule is CCN(C)C=Nc1cc(C)c(C2=NOC(CSC3CCCC3)C2)cc1Cl. The molecule has 142 valence electrons. The van der Waals surface area contributed by atoms with E-state index in [9.17, 15) is 0 Å². The van der Waals surface area contributed by atoms with E-state index < -0.39 is 0 Å². The van der Waals surface area contributed by atoms with Crippen molar-refractivity contribution in [3.05, 3.63) is 28.3 Å². The van der Waals surface area contributed by atoms with E-state index in [1.165, 1.54) is 25.7 Å². The van der Waals surface area contributed by atoms with E-state index in [-0.39, 0.29) is 6.10 Å². The first kappa shape index (κ1) is 19.6. The van der Waals surface area contributed by atoms with E-state index in [1.54, 1.807) is 0 Å². The fourth-order valence-electron chi connectivity index (χ4n) is 3.29. The van der Waals surface area contributed by atoms with Gasteiger partial charge in [-0.25, -0.2) is 4.99 Å². The van der Waals surface area contributed by atoms with Crippen LogP contribution in [0, 0.1) is 6.92 Å². The Balaban J connectivity index is 1.62. The summed E-state index contributed by atoms with van der Waals surface area (Å²) in [6, 6.07) is 4.00. The predicted molar refractivity (Wildman–Crippen MR) is 113 cm³/mol. The third kappa shape index (κ3) is 4.95. The first-order valence-corrected chi connectivity index (χ1v) is 10.9. The van der Waals surface area contributed by atoms with Gasteiger partial charge in [0, 0.05) is 36.6 Å². The van der Waals surface area contributed by atoms with Crippen LogP contribution in [0.25, 0.3) is 0 Å². The van der Waals surface area contributed by atoms with Crippen molar-refractivity contribution in [1.29, 1.82) is 0 Å². The maximum Gasteiger partial charge on any atom is 0.142 e. The number of halogens is 1. The van der Waals surface area contributed by atoms with Crippen molar-refractivity contribution in [3.8, 4) is 0 Å². The van der Waals surface area contributed by atoms with Crippen LogP contribution < -0.4 is 0 Å². The van der Waals surface area contributed by atoms with Crippen molar-refractivity contribution in [2.75, 3.05) is 19.3 Å². The zero-order valence-electron chi connectivity index (χ0n) is 15.9. The maximum absolute atomic E-state index is 6.46. The highest BCUT2D eigenvalue weighted by molar-refractivity contribution is 7.99. The predicted octanol–water partition coefficient (Wildman–Crippen LogP) is 5.43. The number of benzene rings is 1. The lowest BCUT2D eigenvalue weighted by atomic mass is 10.00. The highest BCUT2D eigenvalue weighted by atomic mass is 35.5. The molecule has 1 fully saturated rings. The van der Waals surface area contributed by atoms with Crippen molar-refractivity contribution in [2.24, 2.45) is 10.1 Å². The first-order valence-electron chi connectivity index (χ1n) is 9.46. The van der Waals surface area contributed by atoms with Crippen LogP contribution in [0.4, 0.5) is 5.69 Å². The monoisotopic (exact) mass is 393 g/mol. The zero-order chi connectivity index (χ0) is 18.5. The second-order valence-corrected chi connectivity index (χ2v) is 8.89. The summed E-state index contributed by atoms with van der Waals surface area (Å²) in [7, 11) is 1.99. The number of nitrogens with zero attached hydrogens (tertiary/aromatic N) is 3. The fourth-order valence-corrected chi connectivity index (χ4v) is 4.84. The van der Waals surface area contributed by atoms with Gasteiger partial charge in [0.1, 0.15) is 6.10 Å². The summed E-state index contributed by atoms with van der Waals surface area (Å²) < 4.78 is 0. The summed E-state index contributed by atoms with van der Waals surface area (Å²) in [6.07, 6.45) is 8.33. The van der Waals surface area contributed by atoms with Crippen LogP contribution in [0.3, 0.4) is 0 Å². The Labute approximate surface area is 166 Å². The molecule has 3 rings (SSSR count). The fraction of sp³-hybridized carbons (Fsp3) is 0.600. The van der Waals surface area contributed by atoms with Crippen LogP contribution in [0.15, 0.2) is 22.3 Å². The van der Waals surface area contributed by atoms with Crippen LogP contribution >= 0.6 is 23.4 Å². The third-order valence-electron chi connectivity index (χ3n) is 5.05. The Morgan fingerprint density at radius 3 is 2.88 bits per heavy atom. The van der Waals surface area contributed by atoms with Crippen LogP contribution in [-0.4, -0.2) is 47.6 Å². The quantitative estimate of drug-likeness (QED) is 0.458. The van der Waals surface area contributed by atoms with Gasteiger partial charge >= 0.3 is 0 Å². The van der Waals surface area contributed by atoms with E-state index in [2.05, 4.69) is 35.8 Å². The molecule has 1 aromatic rings. The van der Waals surface area contributed by atoms with Gasteiger partial charge in [-0.3, -0.25) is 0 Å². The number of hydrogen-bond acceptors (Lipinski definition) is 4. The van der Waals surface area contributed by atoms with Gasteiger partial charge in [0.2, 0.25) is 0 Å². The van der Waals surface area contributed by atoms with Crippen LogP contribution in [0.2, 0.25) is 5.02 Å². The van der Waals surface area contributed by atoms with Gasteiger partial charge < -0.3 is 9.74 Å². The lowest BCUT2D eigenvalue weighted by Crippen LogP contribution is -2.14. The standard InChI is InChI=1S/C20H28ClN3OS/c1-4-24(3)13-22-20-9-14(2)17(11-18(20)21)19-10-15(25-23-19)12-26-16-7-5-6-8-16/h9,11,13,15-16H,4-8,10,12H2,1-3H3. The van der Waals surface area contributed by atoms with Crippen molar-refractivity contribution in [2.45, 2.75) is 57.3 Å². The normalized spacial score (nSPS) is 20.6. The highest BCUT2D eigenvalue weighted by Gasteiger charge is 2.26. The molecule has 0 spiro atoms. The van der Waals surface area contributed by atoms with Crippen molar-refractivity contribution in [1.82, 2.24) is 4.90 Å². The van der Waals surface area contributed by atoms with Gasteiger partial charge in [-0.2, -0.15) is 11.8 Å². The van der Waals surface area contributed by atoms with E-state index in [4.69, 9.17) is 16.4 Å². The van der Waals surface area contributed by atoms with Gasteiger partial charge in [-0.15, -0.1) is 0 Å². The summed E-state index contributed by atoms with van der Waals surface area (Å²) >= 11 is 8.51. The Morgan fingerprint density at radius 2 is 2.15 bits per heavy atom. The molecule has 4 nitrogen and oxygen atoms in total. The molecular formula is C20H28ClN3OS. The Kier molecular flexibility index (Phi) is 6.87. The van der Waals surface area contributed by atoms with Gasteiger partial charge in [0.25, 0.3) is 0 Å². The molecule has 0 amide bonds. The maximum atomic E-state index is 6.46. The van der Waals surface area contributed by atoms with Crippen LogP contribution in [0.1, 0.15) is 50.2 Å². The van der Waals surface area contributed by atoms with Gasteiger partial charge in [-0.05, 0) is 44.4 Å². The molecular weight excluding hydrogens is 366 g/mol. The van der Waals surface area contributed by atoms with E-state index >= 15 is 0 Å². The van der Waals surface area contributed by atoms with Gasteiger partial charge in [0.05, 0.1) is 22.8 Å². The van der Waals surface area contributed by atoms with Gasteiger partial charge in [-0.1, -0.05) is 29.6 Å². The minimum Gasteiger partial charge on any atom is -0.391 e. The number of oxime groups is 1. The molecule has 1 aromatic carbocycles. The number of hydrogen-bond donors (Lipinski definition) is 0. The second kappa shape index (κ2) is 9.14. The molecule has 1 aliphatic heterocycles. The molecule has 0 saturated heterocycles. The summed E-state index contributed by atoms with van der Waals surface area (Å²) in [5.74, 6) is 1.02. The average molecular weight is 394 g/mol. The van der Waals surface area contributed by atoms with Crippen molar-refractivity contribution < 1.29 is 4.84 Å². The van der Waals surface area contributed by atoms with E-state index in [0.29, 0.717) is 5.02 Å². The molecule has 1 atom stereocenters. The topological polar surface area (TPSA) is 37.2 Å². The van der Waals surface area contributed by atoms with Crippen molar-refractivity contribution in [3.63, 3.8) is 0 Å². The molecule has 1 heterocycles. The van der Waals surface area contributed by atoms with Crippen molar-refractivity contribution >= 4 is 41.1 Å². The third-order valence-corrected chi connectivity index (χ3v) is 6.86. The Morgan fingerprint density at radius 1 is 1.38 bits per heavy atom. The molecule has 1 aliphatic carbocycles. The molecule has 0 N–H and O–H groups in total. The Hall–Kier alpha value is -1.20. The summed E-state index contributed by atoms with van der Waals surface area (Å²) in [4.78, 5) is 12.2. The Bertz CT molecular complexity index is 686. The molecule has 0 bridgehead atoms. The lowest BCUT2D eigenvalue weighted by molar-refractivity contribution is 0.103. The smallest absolute Gasteiger partial charge is 0.142 e. The largest absolute Gasteiger partial charge is 0.391 e.